The van der Waals surface area contributed by atoms with E-state index in [0.717, 1.165) is 12.8 Å². The topological polar surface area (TPSA) is 101 Å². The minimum atomic E-state index is -0.542. The molecule has 7 nitrogen and oxygen atoms in total. The summed E-state index contributed by atoms with van der Waals surface area (Å²) in [6.45, 7) is 5.02. The molecule has 8 heteroatoms. The van der Waals surface area contributed by atoms with Crippen LogP contribution in [0.1, 0.15) is 38.9 Å². The van der Waals surface area contributed by atoms with Crippen molar-refractivity contribution < 1.29 is 14.7 Å². The molecule has 2 aromatic rings. The van der Waals surface area contributed by atoms with Gasteiger partial charge in [-0.25, -0.2) is 4.98 Å². The minimum absolute atomic E-state index is 0.0220. The third-order valence-corrected chi connectivity index (χ3v) is 5.34. The number of anilines is 1. The van der Waals surface area contributed by atoms with Crippen molar-refractivity contribution >= 4 is 29.0 Å². The van der Waals surface area contributed by atoms with Crippen molar-refractivity contribution in [3.8, 4) is 11.3 Å². The van der Waals surface area contributed by atoms with E-state index in [1.165, 1.54) is 10.6 Å². The molecule has 0 atom stereocenters. The van der Waals surface area contributed by atoms with Crippen molar-refractivity contribution in [2.24, 2.45) is 11.3 Å². The third kappa shape index (κ3) is 5.34. The molecule has 1 fully saturated rings. The van der Waals surface area contributed by atoms with Crippen LogP contribution in [0.5, 0.6) is 0 Å². The molecule has 0 unspecified atom stereocenters. The number of carbonyl (C=O) groups is 2. The summed E-state index contributed by atoms with van der Waals surface area (Å²) in [6.07, 6.45) is 1.90. The fourth-order valence-corrected chi connectivity index (χ4v) is 3.37. The number of amides is 1. The zero-order valence-electron chi connectivity index (χ0n) is 17.4. The standard InChI is InChI=1S/C22H26ClN3O4/c1-13-24-19(9-20(29)26(13)11-16(28)10-22(2,3)12-27)17-7-6-15(23)8-18(17)25-21(30)14-4-5-14/h6-9,14,27H,4-5,10-12H2,1-3H3,(H,25,30). The first-order chi connectivity index (χ1) is 14.1. The zero-order valence-corrected chi connectivity index (χ0v) is 18.1. The molecule has 30 heavy (non-hydrogen) atoms. The molecule has 1 amide bonds. The monoisotopic (exact) mass is 431 g/mol. The summed E-state index contributed by atoms with van der Waals surface area (Å²) in [5, 5.41) is 12.7. The van der Waals surface area contributed by atoms with Crippen molar-refractivity contribution in [3.05, 3.63) is 45.5 Å². The van der Waals surface area contributed by atoms with Gasteiger partial charge in [-0.1, -0.05) is 25.4 Å². The van der Waals surface area contributed by atoms with Crippen molar-refractivity contribution in [1.82, 2.24) is 9.55 Å². The Kier molecular flexibility index (Phi) is 6.43. The van der Waals surface area contributed by atoms with Crippen LogP contribution in [-0.2, 0) is 16.1 Å². The summed E-state index contributed by atoms with van der Waals surface area (Å²) >= 11 is 6.10. The van der Waals surface area contributed by atoms with E-state index in [1.54, 1.807) is 39.0 Å². The molecule has 1 saturated carbocycles. The van der Waals surface area contributed by atoms with Gasteiger partial charge in [0.05, 0.1) is 17.9 Å². The molecule has 1 heterocycles. The van der Waals surface area contributed by atoms with Gasteiger partial charge in [0.15, 0.2) is 5.78 Å². The van der Waals surface area contributed by atoms with Crippen LogP contribution >= 0.6 is 11.6 Å². The van der Waals surface area contributed by atoms with E-state index in [2.05, 4.69) is 10.3 Å². The number of hydrogen-bond acceptors (Lipinski definition) is 5. The van der Waals surface area contributed by atoms with Crippen molar-refractivity contribution in [2.75, 3.05) is 11.9 Å². The molecule has 0 bridgehead atoms. The molecule has 1 aromatic heterocycles. The number of ketones is 1. The molecular weight excluding hydrogens is 406 g/mol. The highest BCUT2D eigenvalue weighted by Crippen LogP contribution is 2.33. The lowest BCUT2D eigenvalue weighted by Crippen LogP contribution is -2.30. The third-order valence-electron chi connectivity index (χ3n) is 5.10. The summed E-state index contributed by atoms with van der Waals surface area (Å²) in [4.78, 5) is 41.8. The number of benzene rings is 1. The van der Waals surface area contributed by atoms with Gasteiger partial charge in [-0.3, -0.25) is 19.0 Å². The van der Waals surface area contributed by atoms with Gasteiger partial charge in [-0.05, 0) is 43.4 Å². The largest absolute Gasteiger partial charge is 0.396 e. The maximum absolute atomic E-state index is 12.7. The van der Waals surface area contributed by atoms with Crippen molar-refractivity contribution in [3.63, 3.8) is 0 Å². The van der Waals surface area contributed by atoms with Gasteiger partial charge < -0.3 is 10.4 Å². The van der Waals surface area contributed by atoms with Crippen LogP contribution in [0.2, 0.25) is 5.02 Å². The molecule has 0 saturated heterocycles. The van der Waals surface area contributed by atoms with Crippen LogP contribution < -0.4 is 10.9 Å². The summed E-state index contributed by atoms with van der Waals surface area (Å²) in [6, 6.07) is 6.38. The highest BCUT2D eigenvalue weighted by Gasteiger charge is 2.30. The normalized spacial score (nSPS) is 13.9. The quantitative estimate of drug-likeness (QED) is 0.668. The Balaban J connectivity index is 1.89. The Labute approximate surface area is 180 Å². The number of nitrogens with zero attached hydrogens (tertiary/aromatic N) is 2. The number of aromatic nitrogens is 2. The van der Waals surface area contributed by atoms with E-state index in [9.17, 15) is 19.5 Å². The van der Waals surface area contributed by atoms with Crippen LogP contribution in [0.25, 0.3) is 11.3 Å². The summed E-state index contributed by atoms with van der Waals surface area (Å²) in [5.74, 6) is 0.189. The molecule has 0 radical (unpaired) electrons. The molecule has 1 aromatic carbocycles. The molecule has 160 valence electrons. The number of Topliss-reactive ketones (excluding diaryl/α,β-unsaturated/α-hetero) is 1. The van der Waals surface area contributed by atoms with Gasteiger partial charge in [0, 0.05) is 35.6 Å². The number of aliphatic hydroxyl groups excluding tert-OH is 1. The fourth-order valence-electron chi connectivity index (χ4n) is 3.20. The predicted molar refractivity (Wildman–Crippen MR) is 116 cm³/mol. The van der Waals surface area contributed by atoms with E-state index in [0.29, 0.717) is 27.8 Å². The van der Waals surface area contributed by atoms with Gasteiger partial charge in [-0.2, -0.15) is 0 Å². The number of carbonyl (C=O) groups excluding carboxylic acids is 2. The van der Waals surface area contributed by atoms with E-state index >= 15 is 0 Å². The summed E-state index contributed by atoms with van der Waals surface area (Å²) < 4.78 is 1.32. The molecule has 0 spiro atoms. The van der Waals surface area contributed by atoms with E-state index in [4.69, 9.17) is 11.6 Å². The second-order valence-corrected chi connectivity index (χ2v) is 9.04. The Hall–Kier alpha value is -2.51. The molecule has 3 rings (SSSR count). The number of nitrogens with one attached hydrogen (secondary N) is 1. The second-order valence-electron chi connectivity index (χ2n) is 8.60. The first kappa shape index (κ1) is 22.2. The lowest BCUT2D eigenvalue weighted by atomic mass is 9.88. The summed E-state index contributed by atoms with van der Waals surface area (Å²) in [5.41, 5.74) is 0.597. The Morgan fingerprint density at radius 3 is 2.60 bits per heavy atom. The second kappa shape index (κ2) is 8.70. The van der Waals surface area contributed by atoms with E-state index < -0.39 is 5.41 Å². The maximum Gasteiger partial charge on any atom is 0.254 e. The molecular formula is C22H26ClN3O4. The lowest BCUT2D eigenvalue weighted by molar-refractivity contribution is -0.122. The smallest absolute Gasteiger partial charge is 0.254 e. The Bertz CT molecular complexity index is 1040. The predicted octanol–water partition coefficient (Wildman–Crippen LogP) is 3.20. The fraction of sp³-hybridized carbons (Fsp3) is 0.455. The number of aryl methyl sites for hydroxylation is 1. The highest BCUT2D eigenvalue weighted by molar-refractivity contribution is 6.31. The Morgan fingerprint density at radius 1 is 1.30 bits per heavy atom. The van der Waals surface area contributed by atoms with Crippen molar-refractivity contribution in [1.29, 1.82) is 0 Å². The number of hydrogen-bond donors (Lipinski definition) is 2. The highest BCUT2D eigenvalue weighted by atomic mass is 35.5. The first-order valence-corrected chi connectivity index (χ1v) is 10.3. The average Bonchev–Trinajstić information content (AvgIpc) is 3.49. The van der Waals surface area contributed by atoms with Gasteiger partial charge in [0.25, 0.3) is 5.56 Å². The SMILES string of the molecule is Cc1nc(-c2ccc(Cl)cc2NC(=O)C2CC2)cc(=O)n1CC(=O)CC(C)(C)CO. The van der Waals surface area contributed by atoms with Gasteiger partial charge in [0.1, 0.15) is 5.82 Å². The van der Waals surface area contributed by atoms with Gasteiger partial charge in [0.2, 0.25) is 5.91 Å². The van der Waals surface area contributed by atoms with Crippen LogP contribution in [0.4, 0.5) is 5.69 Å². The Morgan fingerprint density at radius 2 is 2.00 bits per heavy atom. The van der Waals surface area contributed by atoms with E-state index in [-0.39, 0.29) is 42.7 Å². The molecule has 1 aliphatic rings. The summed E-state index contributed by atoms with van der Waals surface area (Å²) in [7, 11) is 0. The first-order valence-electron chi connectivity index (χ1n) is 9.91. The zero-order chi connectivity index (χ0) is 22.1. The van der Waals surface area contributed by atoms with Crippen LogP contribution in [0.3, 0.4) is 0 Å². The van der Waals surface area contributed by atoms with Gasteiger partial charge in [-0.15, -0.1) is 0 Å². The molecule has 1 aliphatic carbocycles. The number of rotatable bonds is 8. The van der Waals surface area contributed by atoms with E-state index in [1.807, 2.05) is 0 Å². The van der Waals surface area contributed by atoms with Crippen molar-refractivity contribution in [2.45, 2.75) is 46.6 Å². The van der Waals surface area contributed by atoms with Crippen LogP contribution in [0.15, 0.2) is 29.1 Å². The van der Waals surface area contributed by atoms with Crippen LogP contribution in [0, 0.1) is 18.3 Å². The maximum atomic E-state index is 12.7. The minimum Gasteiger partial charge on any atom is -0.396 e. The van der Waals surface area contributed by atoms with Crippen LogP contribution in [-0.4, -0.2) is 33.0 Å². The molecule has 0 aliphatic heterocycles. The number of halogens is 1. The van der Waals surface area contributed by atoms with Gasteiger partial charge >= 0.3 is 0 Å². The molecule has 2 N–H and O–H groups in total. The average molecular weight is 432 g/mol. The lowest BCUT2D eigenvalue weighted by Gasteiger charge is -2.21. The number of aliphatic hydroxyl groups is 1.